The number of carbonyl (C=O) groups is 2. The third-order valence-corrected chi connectivity index (χ3v) is 4.65. The van der Waals surface area contributed by atoms with Crippen LogP contribution in [-0.4, -0.2) is 24.5 Å². The van der Waals surface area contributed by atoms with Crippen molar-refractivity contribution in [3.63, 3.8) is 0 Å². The third kappa shape index (κ3) is 6.14. The summed E-state index contributed by atoms with van der Waals surface area (Å²) >= 11 is 0. The van der Waals surface area contributed by atoms with Gasteiger partial charge in [0.05, 0.1) is 11.3 Å². The molecule has 1 aliphatic carbocycles. The first-order valence-corrected chi connectivity index (χ1v) is 9.45. The van der Waals surface area contributed by atoms with E-state index in [-0.39, 0.29) is 17.7 Å². The van der Waals surface area contributed by atoms with Crippen LogP contribution in [0.25, 0.3) is 6.08 Å². The van der Waals surface area contributed by atoms with Crippen molar-refractivity contribution in [3.05, 3.63) is 65.7 Å². The number of anilines is 1. The van der Waals surface area contributed by atoms with E-state index in [0.29, 0.717) is 16.8 Å². The highest BCUT2D eigenvalue weighted by atomic mass is 19.3. The van der Waals surface area contributed by atoms with E-state index in [2.05, 4.69) is 15.4 Å². The van der Waals surface area contributed by atoms with Crippen molar-refractivity contribution in [1.29, 1.82) is 0 Å². The highest BCUT2D eigenvalue weighted by Crippen LogP contribution is 2.20. The Labute approximate surface area is 167 Å². The molecule has 3 rings (SSSR count). The molecule has 0 spiro atoms. The Balaban J connectivity index is 1.61. The van der Waals surface area contributed by atoms with Crippen LogP contribution >= 0.6 is 0 Å². The van der Waals surface area contributed by atoms with E-state index in [1.165, 1.54) is 18.2 Å². The lowest BCUT2D eigenvalue weighted by Gasteiger charge is -2.14. The molecular formula is C22H22F2N2O3. The van der Waals surface area contributed by atoms with Gasteiger partial charge >= 0.3 is 6.61 Å². The Kier molecular flexibility index (Phi) is 6.94. The second-order valence-corrected chi connectivity index (χ2v) is 6.77. The topological polar surface area (TPSA) is 67.4 Å². The molecule has 7 heteroatoms. The smallest absolute Gasteiger partial charge is 0.387 e. The molecule has 0 aromatic heterocycles. The van der Waals surface area contributed by atoms with Crippen LogP contribution in [0.4, 0.5) is 14.5 Å². The Morgan fingerprint density at radius 3 is 2.41 bits per heavy atom. The molecule has 0 heterocycles. The van der Waals surface area contributed by atoms with E-state index in [4.69, 9.17) is 0 Å². The maximum Gasteiger partial charge on any atom is 0.387 e. The van der Waals surface area contributed by atoms with Crippen LogP contribution < -0.4 is 15.4 Å². The fraction of sp³-hybridized carbons (Fsp3) is 0.273. The van der Waals surface area contributed by atoms with Gasteiger partial charge in [-0.05, 0) is 48.7 Å². The summed E-state index contributed by atoms with van der Waals surface area (Å²) in [6, 6.07) is 12.9. The monoisotopic (exact) mass is 400 g/mol. The van der Waals surface area contributed by atoms with Gasteiger partial charge in [-0.1, -0.05) is 37.1 Å². The molecule has 1 aliphatic rings. The predicted molar refractivity (Wildman–Crippen MR) is 107 cm³/mol. The molecule has 0 bridgehead atoms. The molecule has 1 fully saturated rings. The zero-order valence-electron chi connectivity index (χ0n) is 15.7. The normalized spacial score (nSPS) is 14.3. The highest BCUT2D eigenvalue weighted by molar-refractivity contribution is 6.07. The van der Waals surface area contributed by atoms with Gasteiger partial charge in [-0.15, -0.1) is 0 Å². The molecule has 5 nitrogen and oxygen atoms in total. The van der Waals surface area contributed by atoms with Crippen molar-refractivity contribution in [2.45, 2.75) is 38.3 Å². The molecule has 0 unspecified atom stereocenters. The lowest BCUT2D eigenvalue weighted by Crippen LogP contribution is -2.33. The maximum absolute atomic E-state index is 12.5. The number of hydrogen-bond donors (Lipinski definition) is 2. The summed E-state index contributed by atoms with van der Waals surface area (Å²) in [5, 5.41) is 5.73. The lowest BCUT2D eigenvalue weighted by atomic mass is 10.1. The van der Waals surface area contributed by atoms with E-state index < -0.39 is 12.5 Å². The number of nitrogens with one attached hydrogen (secondary N) is 2. The average Bonchev–Trinajstić information content (AvgIpc) is 3.20. The maximum atomic E-state index is 12.5. The molecule has 0 atom stereocenters. The molecule has 152 valence electrons. The van der Waals surface area contributed by atoms with Gasteiger partial charge in [-0.25, -0.2) is 0 Å². The minimum absolute atomic E-state index is 0.0452. The van der Waals surface area contributed by atoms with Crippen LogP contribution in [0.3, 0.4) is 0 Å². The van der Waals surface area contributed by atoms with Crippen molar-refractivity contribution in [2.24, 2.45) is 0 Å². The second-order valence-electron chi connectivity index (χ2n) is 6.77. The number of para-hydroxylation sites is 1. The summed E-state index contributed by atoms with van der Waals surface area (Å²) in [6.45, 7) is -2.88. The van der Waals surface area contributed by atoms with Crippen molar-refractivity contribution in [1.82, 2.24) is 5.32 Å². The molecule has 2 N–H and O–H groups in total. The SMILES string of the molecule is O=C(/C=C/c1ccc(OC(F)F)cc1)Nc1ccccc1C(=O)NC1CCCC1. The van der Waals surface area contributed by atoms with Gasteiger partial charge in [0.1, 0.15) is 5.75 Å². The number of amides is 2. The molecule has 0 saturated heterocycles. The summed E-state index contributed by atoms with van der Waals surface area (Å²) in [7, 11) is 0. The molecule has 0 radical (unpaired) electrons. The van der Waals surface area contributed by atoms with Crippen LogP contribution in [0.5, 0.6) is 5.75 Å². The van der Waals surface area contributed by atoms with Crippen LogP contribution in [0.1, 0.15) is 41.6 Å². The molecule has 2 aromatic carbocycles. The van der Waals surface area contributed by atoms with E-state index >= 15 is 0 Å². The van der Waals surface area contributed by atoms with Crippen LogP contribution in [0.2, 0.25) is 0 Å². The van der Waals surface area contributed by atoms with Crippen molar-refractivity contribution >= 4 is 23.6 Å². The first-order valence-electron chi connectivity index (χ1n) is 9.45. The van der Waals surface area contributed by atoms with Crippen molar-refractivity contribution < 1.29 is 23.1 Å². The average molecular weight is 400 g/mol. The third-order valence-electron chi connectivity index (χ3n) is 4.65. The number of hydrogen-bond acceptors (Lipinski definition) is 3. The van der Waals surface area contributed by atoms with Gasteiger partial charge in [0.2, 0.25) is 5.91 Å². The van der Waals surface area contributed by atoms with Gasteiger partial charge in [0.15, 0.2) is 0 Å². The number of halogens is 2. The summed E-state index contributed by atoms with van der Waals surface area (Å²) in [5.41, 5.74) is 1.49. The van der Waals surface area contributed by atoms with Crippen LogP contribution in [0, 0.1) is 0 Å². The van der Waals surface area contributed by atoms with Crippen LogP contribution in [0.15, 0.2) is 54.6 Å². The minimum atomic E-state index is -2.88. The number of alkyl halides is 2. The van der Waals surface area contributed by atoms with Gasteiger partial charge in [-0.3, -0.25) is 9.59 Å². The standard InChI is InChI=1S/C22H22F2N2O3/c23-22(24)29-17-12-9-15(10-13-17)11-14-20(27)26-19-8-4-3-7-18(19)21(28)25-16-5-1-2-6-16/h3-4,7-14,16,22H,1-2,5-6H2,(H,25,28)(H,26,27)/b14-11+. The number of rotatable bonds is 7. The Morgan fingerprint density at radius 2 is 1.72 bits per heavy atom. The van der Waals surface area contributed by atoms with E-state index in [1.807, 2.05) is 0 Å². The molecular weight excluding hydrogens is 378 g/mol. The second kappa shape index (κ2) is 9.82. The Hall–Kier alpha value is -3.22. The zero-order valence-corrected chi connectivity index (χ0v) is 15.7. The van der Waals surface area contributed by atoms with Gasteiger partial charge < -0.3 is 15.4 Å². The Morgan fingerprint density at radius 1 is 1.03 bits per heavy atom. The molecule has 0 aliphatic heterocycles. The lowest BCUT2D eigenvalue weighted by molar-refractivity contribution is -0.111. The molecule has 2 aromatic rings. The summed E-state index contributed by atoms with van der Waals surface area (Å²) < 4.78 is 28.6. The number of carbonyl (C=O) groups excluding carboxylic acids is 2. The molecule has 29 heavy (non-hydrogen) atoms. The summed E-state index contributed by atoms with van der Waals surface area (Å²) in [4.78, 5) is 24.8. The molecule has 2 amide bonds. The molecule has 1 saturated carbocycles. The quantitative estimate of drug-likeness (QED) is 0.667. The predicted octanol–water partition coefficient (Wildman–Crippen LogP) is 4.61. The summed E-state index contributed by atoms with van der Waals surface area (Å²) in [6.07, 6.45) is 7.04. The number of ether oxygens (including phenoxy) is 1. The van der Waals surface area contributed by atoms with Crippen molar-refractivity contribution in [3.8, 4) is 5.75 Å². The van der Waals surface area contributed by atoms with E-state index in [9.17, 15) is 18.4 Å². The summed E-state index contributed by atoms with van der Waals surface area (Å²) in [5.74, 6) is -0.561. The van der Waals surface area contributed by atoms with Gasteiger partial charge in [0.25, 0.3) is 5.91 Å². The minimum Gasteiger partial charge on any atom is -0.435 e. The largest absolute Gasteiger partial charge is 0.435 e. The van der Waals surface area contributed by atoms with E-state index in [0.717, 1.165) is 25.7 Å². The first-order chi connectivity index (χ1) is 14.0. The van der Waals surface area contributed by atoms with Gasteiger partial charge in [0, 0.05) is 12.1 Å². The van der Waals surface area contributed by atoms with E-state index in [1.54, 1.807) is 42.5 Å². The number of benzene rings is 2. The van der Waals surface area contributed by atoms with Gasteiger partial charge in [-0.2, -0.15) is 8.78 Å². The fourth-order valence-electron chi connectivity index (χ4n) is 3.23. The zero-order chi connectivity index (χ0) is 20.6. The Bertz CT molecular complexity index is 876. The van der Waals surface area contributed by atoms with Crippen LogP contribution in [-0.2, 0) is 4.79 Å². The fourth-order valence-corrected chi connectivity index (χ4v) is 3.23. The van der Waals surface area contributed by atoms with Crippen molar-refractivity contribution in [2.75, 3.05) is 5.32 Å². The highest BCUT2D eigenvalue weighted by Gasteiger charge is 2.19. The first kappa shape index (κ1) is 20.5.